The average molecular weight is 404 g/mol. The molecule has 0 radical (unpaired) electrons. The molecule has 0 aliphatic carbocycles. The van der Waals surface area contributed by atoms with Crippen LogP contribution in [0.25, 0.3) is 22.4 Å². The van der Waals surface area contributed by atoms with Crippen LogP contribution in [-0.4, -0.2) is 35.3 Å². The van der Waals surface area contributed by atoms with Gasteiger partial charge in [0, 0.05) is 25.3 Å². The van der Waals surface area contributed by atoms with Gasteiger partial charge >= 0.3 is 0 Å². The molecule has 4 rings (SSSR count). The molecule has 0 bridgehead atoms. The Labute approximate surface area is 172 Å². The van der Waals surface area contributed by atoms with Gasteiger partial charge in [0.25, 0.3) is 5.56 Å². The molecule has 4 aromatic rings. The number of hydrogen-bond donors (Lipinski definition) is 0. The van der Waals surface area contributed by atoms with Crippen LogP contribution in [0.2, 0.25) is 0 Å². The standard InChI is InChI=1S/C22H20N4O2S/c1-4-13-28-18-11-7-16(8-12-18)20-23-22-26(24-20)21(27)19(29-22)14-15-5-9-17(10-6-15)25(2)3/h4-12,14H,1,13H2,2-3H3/b19-14-. The maximum atomic E-state index is 12.7. The van der Waals surface area contributed by atoms with Crippen molar-refractivity contribution in [3.05, 3.63) is 81.6 Å². The molecule has 0 unspecified atom stereocenters. The van der Waals surface area contributed by atoms with Crippen molar-refractivity contribution in [2.24, 2.45) is 0 Å². The van der Waals surface area contributed by atoms with Crippen LogP contribution in [0.4, 0.5) is 5.69 Å². The summed E-state index contributed by atoms with van der Waals surface area (Å²) >= 11 is 1.33. The number of rotatable bonds is 6. The van der Waals surface area contributed by atoms with E-state index in [1.807, 2.05) is 73.6 Å². The van der Waals surface area contributed by atoms with Crippen LogP contribution in [0, 0.1) is 0 Å². The molecule has 0 N–H and O–H groups in total. The van der Waals surface area contributed by atoms with Crippen LogP contribution >= 0.6 is 11.3 Å². The molecule has 0 aliphatic heterocycles. The minimum Gasteiger partial charge on any atom is -0.490 e. The first-order chi connectivity index (χ1) is 14.0. The molecule has 29 heavy (non-hydrogen) atoms. The summed E-state index contributed by atoms with van der Waals surface area (Å²) in [5, 5.41) is 4.39. The van der Waals surface area contributed by atoms with Crippen LogP contribution in [0.3, 0.4) is 0 Å². The van der Waals surface area contributed by atoms with E-state index in [9.17, 15) is 4.79 Å². The third-order valence-electron chi connectivity index (χ3n) is 4.37. The number of aromatic nitrogens is 3. The number of fused-ring (bicyclic) bond motifs is 1. The molecule has 0 fully saturated rings. The van der Waals surface area contributed by atoms with Crippen LogP contribution in [0.5, 0.6) is 5.75 Å². The Morgan fingerprint density at radius 3 is 2.48 bits per heavy atom. The van der Waals surface area contributed by atoms with E-state index in [4.69, 9.17) is 4.74 Å². The highest BCUT2D eigenvalue weighted by Crippen LogP contribution is 2.20. The molecule has 0 spiro atoms. The van der Waals surface area contributed by atoms with Gasteiger partial charge in [0.2, 0.25) is 4.96 Å². The molecule has 7 heteroatoms. The zero-order chi connectivity index (χ0) is 20.4. The van der Waals surface area contributed by atoms with Crippen molar-refractivity contribution in [1.82, 2.24) is 14.6 Å². The van der Waals surface area contributed by atoms with Gasteiger partial charge in [-0.25, -0.2) is 0 Å². The molecule has 0 saturated heterocycles. The second-order valence-corrected chi connectivity index (χ2v) is 7.66. The molecular formula is C22H20N4O2S. The van der Waals surface area contributed by atoms with E-state index < -0.39 is 0 Å². The SMILES string of the molecule is C=CCOc1ccc(-c2nc3s/c(=C\c4ccc(N(C)C)cc4)c(=O)n3n2)cc1. The molecule has 146 valence electrons. The largest absolute Gasteiger partial charge is 0.490 e. The van der Waals surface area contributed by atoms with Crippen molar-refractivity contribution in [3.8, 4) is 17.1 Å². The fourth-order valence-corrected chi connectivity index (χ4v) is 3.74. The molecule has 0 amide bonds. The van der Waals surface area contributed by atoms with Crippen LogP contribution in [0.15, 0.2) is 66.0 Å². The number of thiazole rings is 1. The highest BCUT2D eigenvalue weighted by Gasteiger charge is 2.12. The number of ether oxygens (including phenoxy) is 1. The fraction of sp³-hybridized carbons (Fsp3) is 0.136. The predicted molar refractivity (Wildman–Crippen MR) is 118 cm³/mol. The Morgan fingerprint density at radius 2 is 1.86 bits per heavy atom. The third kappa shape index (κ3) is 3.90. The number of nitrogens with zero attached hydrogens (tertiary/aromatic N) is 4. The van der Waals surface area contributed by atoms with Gasteiger partial charge in [-0.2, -0.15) is 9.50 Å². The van der Waals surface area contributed by atoms with E-state index >= 15 is 0 Å². The first-order valence-corrected chi connectivity index (χ1v) is 9.89. The van der Waals surface area contributed by atoms with E-state index in [0.29, 0.717) is 21.9 Å². The second kappa shape index (κ2) is 7.89. The Hall–Kier alpha value is -3.45. The quantitative estimate of drug-likeness (QED) is 0.463. The van der Waals surface area contributed by atoms with E-state index in [0.717, 1.165) is 22.6 Å². The summed E-state index contributed by atoms with van der Waals surface area (Å²) < 4.78 is 7.45. The van der Waals surface area contributed by atoms with Gasteiger partial charge in [0.15, 0.2) is 5.82 Å². The summed E-state index contributed by atoms with van der Waals surface area (Å²) in [5.41, 5.74) is 2.74. The van der Waals surface area contributed by atoms with Crippen molar-refractivity contribution in [3.63, 3.8) is 0 Å². The number of benzene rings is 2. The van der Waals surface area contributed by atoms with Crippen molar-refractivity contribution < 1.29 is 4.74 Å². The third-order valence-corrected chi connectivity index (χ3v) is 5.33. The maximum Gasteiger partial charge on any atom is 0.291 e. The lowest BCUT2D eigenvalue weighted by atomic mass is 10.2. The molecule has 2 heterocycles. The Morgan fingerprint density at radius 1 is 1.14 bits per heavy atom. The van der Waals surface area contributed by atoms with E-state index in [1.54, 1.807) is 6.08 Å². The average Bonchev–Trinajstić information content (AvgIpc) is 3.27. The summed E-state index contributed by atoms with van der Waals surface area (Å²) in [7, 11) is 3.99. The summed E-state index contributed by atoms with van der Waals surface area (Å²) in [6, 6.07) is 15.5. The van der Waals surface area contributed by atoms with Crippen LogP contribution in [0.1, 0.15) is 5.56 Å². The second-order valence-electron chi connectivity index (χ2n) is 6.66. The Balaban J connectivity index is 1.63. The zero-order valence-electron chi connectivity index (χ0n) is 16.2. The summed E-state index contributed by atoms with van der Waals surface area (Å²) in [6.07, 6.45) is 3.56. The molecule has 2 aromatic heterocycles. The van der Waals surface area contributed by atoms with Gasteiger partial charge in [0.05, 0.1) is 4.53 Å². The number of hydrogen-bond acceptors (Lipinski definition) is 6. The van der Waals surface area contributed by atoms with Crippen molar-refractivity contribution >= 4 is 28.1 Å². The van der Waals surface area contributed by atoms with Crippen molar-refractivity contribution in [1.29, 1.82) is 0 Å². The van der Waals surface area contributed by atoms with Crippen LogP contribution < -0.4 is 19.7 Å². The van der Waals surface area contributed by atoms with Crippen molar-refractivity contribution in [2.45, 2.75) is 0 Å². The summed E-state index contributed by atoms with van der Waals surface area (Å²) in [6.45, 7) is 4.08. The van der Waals surface area contributed by atoms with Gasteiger partial charge < -0.3 is 9.64 Å². The molecule has 0 saturated carbocycles. The van der Waals surface area contributed by atoms with E-state index in [1.165, 1.54) is 15.9 Å². The van der Waals surface area contributed by atoms with Gasteiger partial charge in [-0.15, -0.1) is 5.10 Å². The van der Waals surface area contributed by atoms with E-state index in [-0.39, 0.29) is 5.56 Å². The molecule has 2 aromatic carbocycles. The van der Waals surface area contributed by atoms with Gasteiger partial charge in [-0.3, -0.25) is 4.79 Å². The molecular weight excluding hydrogens is 384 g/mol. The highest BCUT2D eigenvalue weighted by molar-refractivity contribution is 7.15. The molecule has 0 aliphatic rings. The first kappa shape index (κ1) is 18.9. The lowest BCUT2D eigenvalue weighted by Gasteiger charge is -2.11. The lowest BCUT2D eigenvalue weighted by molar-refractivity contribution is 0.363. The van der Waals surface area contributed by atoms with Crippen LogP contribution in [-0.2, 0) is 0 Å². The first-order valence-electron chi connectivity index (χ1n) is 9.08. The molecule has 6 nitrogen and oxygen atoms in total. The zero-order valence-corrected chi connectivity index (χ0v) is 17.0. The normalized spacial score (nSPS) is 11.7. The predicted octanol–water partition coefficient (Wildman–Crippen LogP) is 3.00. The molecule has 0 atom stereocenters. The fourth-order valence-electron chi connectivity index (χ4n) is 2.83. The summed E-state index contributed by atoms with van der Waals surface area (Å²) in [4.78, 5) is 19.9. The minimum atomic E-state index is -0.161. The topological polar surface area (TPSA) is 59.7 Å². The van der Waals surface area contributed by atoms with E-state index in [2.05, 4.69) is 16.7 Å². The van der Waals surface area contributed by atoms with Gasteiger partial charge in [-0.05, 0) is 48.0 Å². The monoisotopic (exact) mass is 404 g/mol. The van der Waals surface area contributed by atoms with Gasteiger partial charge in [-0.1, -0.05) is 36.1 Å². The summed E-state index contributed by atoms with van der Waals surface area (Å²) in [5.74, 6) is 1.27. The number of anilines is 1. The Kier molecular flexibility index (Phi) is 5.14. The smallest absolute Gasteiger partial charge is 0.291 e. The van der Waals surface area contributed by atoms with Crippen molar-refractivity contribution in [2.75, 3.05) is 25.6 Å². The van der Waals surface area contributed by atoms with Gasteiger partial charge in [0.1, 0.15) is 12.4 Å². The lowest BCUT2D eigenvalue weighted by Crippen LogP contribution is -2.23. The minimum absolute atomic E-state index is 0.161. The highest BCUT2D eigenvalue weighted by atomic mass is 32.1. The Bertz CT molecular complexity index is 1260. The maximum absolute atomic E-state index is 12.7.